The Morgan fingerprint density at radius 1 is 1.28 bits per heavy atom. The van der Waals surface area contributed by atoms with Gasteiger partial charge in [0.1, 0.15) is 17.6 Å². The Morgan fingerprint density at radius 3 is 2.83 bits per heavy atom. The lowest BCUT2D eigenvalue weighted by molar-refractivity contribution is -0.123. The van der Waals surface area contributed by atoms with Crippen molar-refractivity contribution in [2.75, 3.05) is 0 Å². The number of para-hydroxylation sites is 1. The standard InChI is InChI=1S/C22H25FN4O2/c1-3-17-12(2)16-9-14(23)8-13(21(16)25-17)11-24-22(29)19-10-18(26-27-19)15-6-4-5-7-20(15)28/h4-9,18-19,25-28H,3,10-11H2,1-2H3,(H,24,29). The summed E-state index contributed by atoms with van der Waals surface area (Å²) in [6, 6.07) is 9.46. The van der Waals surface area contributed by atoms with Crippen LogP contribution < -0.4 is 16.2 Å². The number of aromatic amines is 1. The van der Waals surface area contributed by atoms with E-state index in [-0.39, 0.29) is 30.1 Å². The Balaban J connectivity index is 1.46. The van der Waals surface area contributed by atoms with Crippen LogP contribution in [0.3, 0.4) is 0 Å². The number of carbonyl (C=O) groups is 1. The topological polar surface area (TPSA) is 89.2 Å². The van der Waals surface area contributed by atoms with Gasteiger partial charge in [0.15, 0.2) is 0 Å². The minimum Gasteiger partial charge on any atom is -0.508 e. The molecule has 3 aromatic rings. The largest absolute Gasteiger partial charge is 0.508 e. The van der Waals surface area contributed by atoms with Crippen molar-refractivity contribution in [1.29, 1.82) is 0 Å². The highest BCUT2D eigenvalue weighted by Crippen LogP contribution is 2.29. The van der Waals surface area contributed by atoms with E-state index in [0.29, 0.717) is 6.42 Å². The van der Waals surface area contributed by atoms with Gasteiger partial charge in [0.25, 0.3) is 0 Å². The lowest BCUT2D eigenvalue weighted by atomic mass is 10.0. The van der Waals surface area contributed by atoms with Crippen LogP contribution in [-0.4, -0.2) is 22.0 Å². The molecular weight excluding hydrogens is 371 g/mol. The first kappa shape index (κ1) is 19.4. The van der Waals surface area contributed by atoms with Gasteiger partial charge in [-0.05, 0) is 49.1 Å². The molecule has 0 aliphatic carbocycles. The van der Waals surface area contributed by atoms with Gasteiger partial charge in [-0.1, -0.05) is 25.1 Å². The van der Waals surface area contributed by atoms with Gasteiger partial charge in [-0.2, -0.15) is 0 Å². The molecule has 2 unspecified atom stereocenters. The van der Waals surface area contributed by atoms with Gasteiger partial charge >= 0.3 is 0 Å². The van der Waals surface area contributed by atoms with E-state index in [4.69, 9.17) is 0 Å². The van der Waals surface area contributed by atoms with Crippen molar-refractivity contribution >= 4 is 16.8 Å². The van der Waals surface area contributed by atoms with Crippen molar-refractivity contribution in [3.05, 3.63) is 64.6 Å². The molecule has 1 fully saturated rings. The summed E-state index contributed by atoms with van der Waals surface area (Å²) in [7, 11) is 0. The third-order valence-corrected chi connectivity index (χ3v) is 5.66. The lowest BCUT2D eigenvalue weighted by Crippen LogP contribution is -2.42. The molecule has 1 aliphatic heterocycles. The predicted octanol–water partition coefficient (Wildman–Crippen LogP) is 3.11. The Kier molecular flexibility index (Phi) is 5.25. The normalized spacial score (nSPS) is 19.0. The number of carbonyl (C=O) groups excluding carboxylic acids is 1. The van der Waals surface area contributed by atoms with E-state index >= 15 is 0 Å². The molecule has 2 aromatic carbocycles. The van der Waals surface area contributed by atoms with Gasteiger partial charge in [0.2, 0.25) is 5.91 Å². The van der Waals surface area contributed by atoms with Crippen molar-refractivity contribution in [2.45, 2.75) is 45.3 Å². The van der Waals surface area contributed by atoms with E-state index in [1.807, 2.05) is 19.1 Å². The fourth-order valence-electron chi connectivity index (χ4n) is 4.03. The first-order valence-corrected chi connectivity index (χ1v) is 9.84. The molecule has 4 rings (SSSR count). The quantitative estimate of drug-likeness (QED) is 0.459. The van der Waals surface area contributed by atoms with Crippen LogP contribution in [0.15, 0.2) is 36.4 Å². The van der Waals surface area contributed by atoms with Crippen LogP contribution in [-0.2, 0) is 17.8 Å². The zero-order valence-corrected chi connectivity index (χ0v) is 16.5. The van der Waals surface area contributed by atoms with Gasteiger partial charge in [-0.15, -0.1) is 0 Å². The van der Waals surface area contributed by atoms with E-state index in [1.165, 1.54) is 12.1 Å². The number of H-pyrrole nitrogens is 1. The number of phenolic OH excluding ortho intramolecular Hbond substituents is 1. The summed E-state index contributed by atoms with van der Waals surface area (Å²) >= 11 is 0. The molecule has 1 aromatic heterocycles. The summed E-state index contributed by atoms with van der Waals surface area (Å²) in [5.41, 5.74) is 10.5. The van der Waals surface area contributed by atoms with Crippen LogP contribution in [0, 0.1) is 12.7 Å². The molecule has 1 amide bonds. The fourth-order valence-corrected chi connectivity index (χ4v) is 4.03. The Labute approximate surface area is 168 Å². The van der Waals surface area contributed by atoms with Crippen molar-refractivity contribution in [2.24, 2.45) is 0 Å². The van der Waals surface area contributed by atoms with Gasteiger partial charge in [-0.3, -0.25) is 4.79 Å². The van der Waals surface area contributed by atoms with E-state index in [0.717, 1.165) is 39.7 Å². The molecule has 1 aliphatic rings. The highest BCUT2D eigenvalue weighted by Gasteiger charge is 2.31. The average molecular weight is 396 g/mol. The Bertz CT molecular complexity index is 1060. The summed E-state index contributed by atoms with van der Waals surface area (Å²) in [5.74, 6) is -0.289. The van der Waals surface area contributed by atoms with Gasteiger partial charge in [0, 0.05) is 23.2 Å². The number of nitrogens with one attached hydrogen (secondary N) is 4. The molecule has 2 heterocycles. The van der Waals surface area contributed by atoms with Crippen molar-refractivity contribution in [1.82, 2.24) is 21.2 Å². The van der Waals surface area contributed by atoms with Crippen LogP contribution in [0.4, 0.5) is 4.39 Å². The number of aromatic hydroxyl groups is 1. The van der Waals surface area contributed by atoms with E-state index in [1.54, 1.807) is 12.1 Å². The molecule has 152 valence electrons. The van der Waals surface area contributed by atoms with Crippen molar-refractivity contribution in [3.63, 3.8) is 0 Å². The number of hydrazine groups is 1. The highest BCUT2D eigenvalue weighted by atomic mass is 19.1. The van der Waals surface area contributed by atoms with Crippen LogP contribution in [0.2, 0.25) is 0 Å². The lowest BCUT2D eigenvalue weighted by Gasteiger charge is -2.12. The molecular formula is C22H25FN4O2. The fraction of sp³-hybridized carbons (Fsp3) is 0.318. The number of phenols is 1. The summed E-state index contributed by atoms with van der Waals surface area (Å²) in [4.78, 5) is 16.0. The number of amides is 1. The number of fused-ring (bicyclic) bond motifs is 1. The van der Waals surface area contributed by atoms with Gasteiger partial charge in [0.05, 0.1) is 11.6 Å². The summed E-state index contributed by atoms with van der Waals surface area (Å²) in [6.07, 6.45) is 1.34. The Morgan fingerprint density at radius 2 is 2.07 bits per heavy atom. The second-order valence-electron chi connectivity index (χ2n) is 7.48. The molecule has 1 saturated heterocycles. The number of hydrogen-bond donors (Lipinski definition) is 5. The minimum absolute atomic E-state index is 0.161. The molecule has 29 heavy (non-hydrogen) atoms. The molecule has 0 saturated carbocycles. The maximum atomic E-state index is 14.1. The number of halogens is 1. The van der Waals surface area contributed by atoms with Crippen molar-refractivity contribution < 1.29 is 14.3 Å². The number of rotatable bonds is 5. The second-order valence-corrected chi connectivity index (χ2v) is 7.48. The zero-order valence-electron chi connectivity index (χ0n) is 16.5. The van der Waals surface area contributed by atoms with Crippen LogP contribution >= 0.6 is 0 Å². The zero-order chi connectivity index (χ0) is 20.5. The smallest absolute Gasteiger partial charge is 0.238 e. The van der Waals surface area contributed by atoms with Crippen molar-refractivity contribution in [3.8, 4) is 5.75 Å². The molecule has 0 radical (unpaired) electrons. The number of hydrogen-bond acceptors (Lipinski definition) is 4. The highest BCUT2D eigenvalue weighted by molar-refractivity contribution is 5.88. The van der Waals surface area contributed by atoms with Gasteiger partial charge in [-0.25, -0.2) is 15.2 Å². The number of aromatic nitrogens is 1. The maximum Gasteiger partial charge on any atom is 0.238 e. The maximum absolute atomic E-state index is 14.1. The van der Waals surface area contributed by atoms with Crippen LogP contribution in [0.1, 0.15) is 41.8 Å². The first-order chi connectivity index (χ1) is 14.0. The minimum atomic E-state index is -0.444. The molecule has 2 atom stereocenters. The molecule has 6 nitrogen and oxygen atoms in total. The molecule has 5 N–H and O–H groups in total. The molecule has 7 heteroatoms. The van der Waals surface area contributed by atoms with Gasteiger partial charge < -0.3 is 15.4 Å². The van der Waals surface area contributed by atoms with Crippen LogP contribution in [0.5, 0.6) is 5.75 Å². The molecule has 0 bridgehead atoms. The van der Waals surface area contributed by atoms with E-state index in [9.17, 15) is 14.3 Å². The third kappa shape index (κ3) is 3.71. The Hall–Kier alpha value is -2.90. The monoisotopic (exact) mass is 396 g/mol. The average Bonchev–Trinajstić information content (AvgIpc) is 3.32. The third-order valence-electron chi connectivity index (χ3n) is 5.66. The van der Waals surface area contributed by atoms with Crippen LogP contribution in [0.25, 0.3) is 10.9 Å². The SMILES string of the molecule is CCc1[nH]c2c(CNC(=O)C3CC(c4ccccc4O)NN3)cc(F)cc2c1C. The summed E-state index contributed by atoms with van der Waals surface area (Å²) in [6.45, 7) is 4.26. The summed E-state index contributed by atoms with van der Waals surface area (Å²) in [5, 5.41) is 13.8. The number of benzene rings is 2. The first-order valence-electron chi connectivity index (χ1n) is 9.84. The predicted molar refractivity (Wildman–Crippen MR) is 110 cm³/mol. The van der Waals surface area contributed by atoms with E-state index in [2.05, 4.69) is 28.1 Å². The summed E-state index contributed by atoms with van der Waals surface area (Å²) < 4.78 is 14.1. The number of aryl methyl sites for hydroxylation is 2. The second kappa shape index (κ2) is 7.85. The van der Waals surface area contributed by atoms with E-state index < -0.39 is 6.04 Å². The molecule has 0 spiro atoms.